The molecule has 4 amide bonds. The van der Waals surface area contributed by atoms with Gasteiger partial charge in [-0.2, -0.15) is 9.48 Å². The van der Waals surface area contributed by atoms with E-state index in [0.717, 1.165) is 41.3 Å². The van der Waals surface area contributed by atoms with E-state index >= 15 is 0 Å². The molecule has 7 nitrogen and oxygen atoms in total. The van der Waals surface area contributed by atoms with Gasteiger partial charge >= 0.3 is 11.9 Å². The van der Waals surface area contributed by atoms with Crippen LogP contribution in [0.1, 0.15) is 26.2 Å². The summed E-state index contributed by atoms with van der Waals surface area (Å²) in [5.74, 6) is -0.0420. The maximum absolute atomic E-state index is 12.7. The normalized spacial score (nSPS) is 24.2. The molecule has 1 fully saturated rings. The molecule has 1 unspecified atom stereocenters. The van der Waals surface area contributed by atoms with E-state index in [0.29, 0.717) is 11.6 Å². The highest BCUT2D eigenvalue weighted by molar-refractivity contribution is 8.03. The molecule has 0 aliphatic carbocycles. The second kappa shape index (κ2) is 7.11. The number of nitrogens with zero attached hydrogens (tertiary/aromatic N) is 4. The lowest BCUT2D eigenvalue weighted by atomic mass is 9.99. The zero-order valence-corrected chi connectivity index (χ0v) is 15.6. The van der Waals surface area contributed by atoms with Crippen molar-refractivity contribution < 1.29 is 19.0 Å². The van der Waals surface area contributed by atoms with Crippen LogP contribution in [-0.2, 0) is 9.59 Å². The van der Waals surface area contributed by atoms with Crippen molar-refractivity contribution in [3.8, 4) is 0 Å². The predicted molar refractivity (Wildman–Crippen MR) is 96.9 cm³/mol. The number of carbonyl (C=O) groups excluding carboxylic acids is 3. The summed E-state index contributed by atoms with van der Waals surface area (Å²) in [6.45, 7) is 3.52. The second-order valence-electron chi connectivity index (χ2n) is 6.57. The maximum atomic E-state index is 12.7. The molecule has 0 spiro atoms. The Hall–Kier alpha value is -1.96. The minimum absolute atomic E-state index is 0.107. The molecule has 0 bridgehead atoms. The van der Waals surface area contributed by atoms with Crippen molar-refractivity contribution in [1.82, 2.24) is 9.80 Å². The molecule has 0 aromatic carbocycles. The third kappa shape index (κ3) is 3.27. The Kier molecular flexibility index (Phi) is 5.08. The fourth-order valence-electron chi connectivity index (χ4n) is 3.33. The number of imide groups is 1. The van der Waals surface area contributed by atoms with Gasteiger partial charge in [0.25, 0.3) is 5.84 Å². The van der Waals surface area contributed by atoms with Crippen LogP contribution in [0.5, 0.6) is 0 Å². The average Bonchev–Trinajstić information content (AvgIpc) is 2.63. The number of rotatable bonds is 3. The van der Waals surface area contributed by atoms with E-state index in [1.54, 1.807) is 13.3 Å². The highest BCUT2D eigenvalue weighted by atomic mass is 32.2. The molecule has 0 N–H and O–H groups in total. The first-order chi connectivity index (χ1) is 11.9. The fraction of sp³-hybridized carbons (Fsp3) is 0.588. The van der Waals surface area contributed by atoms with E-state index in [9.17, 15) is 14.4 Å². The quantitative estimate of drug-likeness (QED) is 0.710. The number of aliphatic imine (C=N–C) groups is 1. The Morgan fingerprint density at radius 1 is 1.32 bits per heavy atom. The molecule has 134 valence electrons. The molecule has 0 aromatic heterocycles. The summed E-state index contributed by atoms with van der Waals surface area (Å²) in [4.78, 5) is 45.3. The van der Waals surface area contributed by atoms with Gasteiger partial charge < -0.3 is 4.90 Å². The van der Waals surface area contributed by atoms with Gasteiger partial charge in [0.05, 0.1) is 19.8 Å². The van der Waals surface area contributed by atoms with Gasteiger partial charge in [-0.15, -0.1) is 16.8 Å². The molecule has 0 saturated carbocycles. The number of thioether (sulfide) groups is 1. The number of amides is 4. The van der Waals surface area contributed by atoms with Gasteiger partial charge in [-0.1, -0.05) is 0 Å². The summed E-state index contributed by atoms with van der Waals surface area (Å²) in [6, 6.07) is -0.387. The number of carbonyl (C=O) groups is 3. The summed E-state index contributed by atoms with van der Waals surface area (Å²) in [5.41, 5.74) is 0.870. The third-order valence-corrected chi connectivity index (χ3v) is 6.11. The fourth-order valence-corrected chi connectivity index (χ4v) is 4.45. The lowest BCUT2D eigenvalue weighted by molar-refractivity contribution is -0.407. The minimum atomic E-state index is -0.600. The summed E-state index contributed by atoms with van der Waals surface area (Å²) < 4.78 is 1.40. The SMILES string of the molecule is CC1=C(SCC(=O)N2CCCCC2)C2C(=O)N(C)C(=O)[N+](C)=C2N=C1. The number of piperidine rings is 1. The zero-order valence-electron chi connectivity index (χ0n) is 14.8. The topological polar surface area (TPSA) is 73.1 Å². The molecule has 25 heavy (non-hydrogen) atoms. The van der Waals surface area contributed by atoms with Gasteiger partial charge in [-0.05, 0) is 31.8 Å². The van der Waals surface area contributed by atoms with Crippen LogP contribution in [0.4, 0.5) is 4.79 Å². The average molecular weight is 363 g/mol. The highest BCUT2D eigenvalue weighted by Crippen LogP contribution is 2.34. The van der Waals surface area contributed by atoms with Gasteiger partial charge in [0, 0.05) is 18.0 Å². The van der Waals surface area contributed by atoms with Crippen molar-refractivity contribution in [3.05, 3.63) is 10.5 Å². The van der Waals surface area contributed by atoms with Crippen LogP contribution in [0.3, 0.4) is 0 Å². The van der Waals surface area contributed by atoms with Gasteiger partial charge in [0.15, 0.2) is 5.92 Å². The molecule has 0 aromatic rings. The maximum Gasteiger partial charge on any atom is 0.445 e. The Labute approximate surface area is 151 Å². The van der Waals surface area contributed by atoms with Crippen LogP contribution in [0.15, 0.2) is 15.5 Å². The van der Waals surface area contributed by atoms with Crippen molar-refractivity contribution in [1.29, 1.82) is 0 Å². The van der Waals surface area contributed by atoms with E-state index in [2.05, 4.69) is 4.99 Å². The molecule has 3 aliphatic rings. The van der Waals surface area contributed by atoms with Crippen molar-refractivity contribution in [2.45, 2.75) is 26.2 Å². The van der Waals surface area contributed by atoms with Gasteiger partial charge in [0.2, 0.25) is 5.91 Å². The number of hydrogen-bond acceptors (Lipinski definition) is 5. The molecular weight excluding hydrogens is 340 g/mol. The lowest BCUT2D eigenvalue weighted by Crippen LogP contribution is -2.52. The molecule has 3 aliphatic heterocycles. The van der Waals surface area contributed by atoms with E-state index in [4.69, 9.17) is 0 Å². The largest absolute Gasteiger partial charge is 0.445 e. The third-order valence-electron chi connectivity index (χ3n) is 4.85. The minimum Gasteiger partial charge on any atom is -0.342 e. The van der Waals surface area contributed by atoms with Gasteiger partial charge in [-0.25, -0.2) is 4.79 Å². The first-order valence-electron chi connectivity index (χ1n) is 8.49. The number of fused-ring (bicyclic) bond motifs is 1. The van der Waals surface area contributed by atoms with E-state index < -0.39 is 5.92 Å². The molecular formula is C17H23N4O3S+. The van der Waals surface area contributed by atoms with Crippen LogP contribution in [0, 0.1) is 5.92 Å². The summed E-state index contributed by atoms with van der Waals surface area (Å²) in [7, 11) is 3.10. The summed E-state index contributed by atoms with van der Waals surface area (Å²) >= 11 is 1.39. The molecule has 3 rings (SSSR count). The number of hydrogen-bond donors (Lipinski definition) is 0. The van der Waals surface area contributed by atoms with Crippen LogP contribution in [-0.4, -0.2) is 77.2 Å². The number of amidine groups is 1. The van der Waals surface area contributed by atoms with Crippen molar-refractivity contribution in [2.24, 2.45) is 10.9 Å². The molecule has 1 atom stereocenters. The molecule has 1 saturated heterocycles. The first kappa shape index (κ1) is 17.8. The zero-order chi connectivity index (χ0) is 18.1. The standard InChI is InChI=1S/C17H23N4O3S/c1-11-9-18-15-13(16(23)20(3)17(24)19(15)2)14(11)25-10-12(22)21-7-5-4-6-8-21/h9,13H,4-8,10H2,1-3H3/q+1. The Balaban J connectivity index is 1.80. The van der Waals surface area contributed by atoms with Gasteiger partial charge in [-0.3, -0.25) is 9.59 Å². The molecule has 8 heteroatoms. The Morgan fingerprint density at radius 3 is 2.68 bits per heavy atom. The first-order valence-corrected chi connectivity index (χ1v) is 9.48. The monoisotopic (exact) mass is 363 g/mol. The Bertz CT molecular complexity index is 719. The molecule has 3 heterocycles. The van der Waals surface area contributed by atoms with Crippen LogP contribution >= 0.6 is 11.8 Å². The van der Waals surface area contributed by atoms with Gasteiger partial charge in [0.1, 0.15) is 6.21 Å². The van der Waals surface area contributed by atoms with E-state index in [1.807, 2.05) is 11.8 Å². The van der Waals surface area contributed by atoms with Crippen molar-refractivity contribution >= 4 is 41.7 Å². The smallest absolute Gasteiger partial charge is 0.342 e. The highest BCUT2D eigenvalue weighted by Gasteiger charge is 2.48. The van der Waals surface area contributed by atoms with Crippen molar-refractivity contribution in [2.75, 3.05) is 32.9 Å². The number of allylic oxidation sites excluding steroid dienone is 1. The van der Waals surface area contributed by atoms with E-state index in [1.165, 1.54) is 29.8 Å². The van der Waals surface area contributed by atoms with Crippen LogP contribution in [0.25, 0.3) is 0 Å². The van der Waals surface area contributed by atoms with Crippen molar-refractivity contribution in [3.63, 3.8) is 0 Å². The van der Waals surface area contributed by atoms with Crippen LogP contribution < -0.4 is 0 Å². The number of dihydropyridines is 1. The Morgan fingerprint density at radius 2 is 2.00 bits per heavy atom. The lowest BCUT2D eigenvalue weighted by Gasteiger charge is -2.29. The molecule has 0 radical (unpaired) electrons. The second-order valence-corrected chi connectivity index (χ2v) is 7.58. The van der Waals surface area contributed by atoms with Crippen LogP contribution in [0.2, 0.25) is 0 Å². The number of urea groups is 1. The summed E-state index contributed by atoms with van der Waals surface area (Å²) in [5, 5.41) is 0. The number of likely N-dealkylation sites (tertiary alicyclic amines) is 1. The summed E-state index contributed by atoms with van der Waals surface area (Å²) in [6.07, 6.45) is 4.96. The van der Waals surface area contributed by atoms with E-state index in [-0.39, 0.29) is 17.8 Å². The predicted octanol–water partition coefficient (Wildman–Crippen LogP) is 1.34.